The Bertz CT molecular complexity index is 953. The van der Waals surface area contributed by atoms with Crippen molar-refractivity contribution in [1.29, 1.82) is 0 Å². The number of carbonyl (C=O) groups excluding carboxylic acids is 3. The van der Waals surface area contributed by atoms with Gasteiger partial charge in [-0.3, -0.25) is 14.4 Å². The van der Waals surface area contributed by atoms with Gasteiger partial charge in [-0.15, -0.1) is 0 Å². The van der Waals surface area contributed by atoms with Crippen molar-refractivity contribution in [2.24, 2.45) is 5.41 Å². The highest BCUT2D eigenvalue weighted by Gasteiger charge is 2.56. The van der Waals surface area contributed by atoms with Gasteiger partial charge in [-0.25, -0.2) is 0 Å². The molecule has 2 aromatic rings. The molecule has 0 radical (unpaired) electrons. The summed E-state index contributed by atoms with van der Waals surface area (Å²) in [6.45, 7) is 1.41. The summed E-state index contributed by atoms with van der Waals surface area (Å²) in [4.78, 5) is 36.8. The Hall–Kier alpha value is -3.55. The molecule has 152 valence electrons. The SMILES string of the molecule is COc1ccc(NC(=O)C2(C(=O)Nc3cccc(NC(C)=O)c3)CC2)cc1OC. The predicted octanol–water partition coefficient (Wildman–Crippen LogP) is 3.02. The fourth-order valence-corrected chi connectivity index (χ4v) is 2.98. The molecule has 3 amide bonds. The van der Waals surface area contributed by atoms with Crippen LogP contribution in [0.25, 0.3) is 0 Å². The third-order valence-electron chi connectivity index (χ3n) is 4.70. The summed E-state index contributed by atoms with van der Waals surface area (Å²) in [5.41, 5.74) is 0.470. The minimum atomic E-state index is -1.11. The van der Waals surface area contributed by atoms with Crippen molar-refractivity contribution in [2.45, 2.75) is 19.8 Å². The van der Waals surface area contributed by atoms with Gasteiger partial charge in [-0.2, -0.15) is 0 Å². The highest BCUT2D eigenvalue weighted by atomic mass is 16.5. The second kappa shape index (κ2) is 8.22. The third kappa shape index (κ3) is 4.48. The summed E-state index contributed by atoms with van der Waals surface area (Å²) in [6, 6.07) is 11.8. The molecule has 0 spiro atoms. The molecule has 0 saturated heterocycles. The molecular weight excluding hydrogens is 374 g/mol. The minimum absolute atomic E-state index is 0.207. The second-order valence-corrected chi connectivity index (χ2v) is 6.82. The maximum atomic E-state index is 12.8. The van der Waals surface area contributed by atoms with Gasteiger partial charge in [0.15, 0.2) is 11.5 Å². The molecule has 1 fully saturated rings. The smallest absolute Gasteiger partial charge is 0.240 e. The molecule has 1 aliphatic carbocycles. The van der Waals surface area contributed by atoms with E-state index in [9.17, 15) is 14.4 Å². The summed E-state index contributed by atoms with van der Waals surface area (Å²) >= 11 is 0. The molecule has 0 bridgehead atoms. The molecule has 3 N–H and O–H groups in total. The van der Waals surface area contributed by atoms with Crippen LogP contribution in [0.3, 0.4) is 0 Å². The van der Waals surface area contributed by atoms with Crippen LogP contribution in [0.1, 0.15) is 19.8 Å². The monoisotopic (exact) mass is 397 g/mol. The number of amides is 3. The Kier molecular flexibility index (Phi) is 5.72. The average Bonchev–Trinajstić information content (AvgIpc) is 3.50. The molecule has 1 saturated carbocycles. The van der Waals surface area contributed by atoms with Crippen LogP contribution < -0.4 is 25.4 Å². The molecule has 1 aliphatic rings. The Morgan fingerprint density at radius 3 is 1.86 bits per heavy atom. The quantitative estimate of drug-likeness (QED) is 0.623. The van der Waals surface area contributed by atoms with Gasteiger partial charge in [-0.05, 0) is 43.2 Å². The van der Waals surface area contributed by atoms with Crippen molar-refractivity contribution < 1.29 is 23.9 Å². The van der Waals surface area contributed by atoms with Gasteiger partial charge in [0.2, 0.25) is 17.7 Å². The van der Waals surface area contributed by atoms with Gasteiger partial charge in [0.25, 0.3) is 0 Å². The first-order chi connectivity index (χ1) is 13.9. The lowest BCUT2D eigenvalue weighted by atomic mass is 10.0. The lowest BCUT2D eigenvalue weighted by molar-refractivity contribution is -0.131. The summed E-state index contributed by atoms with van der Waals surface area (Å²) in [6.07, 6.45) is 0.923. The fourth-order valence-electron chi connectivity index (χ4n) is 2.98. The van der Waals surface area contributed by atoms with Crippen LogP contribution in [0, 0.1) is 5.41 Å². The molecule has 3 rings (SSSR count). The number of ether oxygens (including phenoxy) is 2. The first kappa shape index (κ1) is 20.2. The standard InChI is InChI=1S/C21H23N3O5/c1-13(25)22-14-5-4-6-15(11-14)23-19(26)21(9-10-21)20(27)24-16-7-8-17(28-2)18(12-16)29-3/h4-8,11-12H,9-10H2,1-3H3,(H,22,25)(H,23,26)(H,24,27). The highest BCUT2D eigenvalue weighted by molar-refractivity contribution is 6.17. The number of benzene rings is 2. The zero-order valence-electron chi connectivity index (χ0n) is 16.5. The maximum absolute atomic E-state index is 12.8. The molecule has 2 aromatic carbocycles. The van der Waals surface area contributed by atoms with Gasteiger partial charge < -0.3 is 25.4 Å². The van der Waals surface area contributed by atoms with E-state index in [-0.39, 0.29) is 17.7 Å². The van der Waals surface area contributed by atoms with E-state index in [1.807, 2.05) is 0 Å². The largest absolute Gasteiger partial charge is 0.493 e. The molecule has 0 unspecified atom stereocenters. The number of anilines is 3. The van der Waals surface area contributed by atoms with E-state index >= 15 is 0 Å². The van der Waals surface area contributed by atoms with Crippen molar-refractivity contribution in [3.63, 3.8) is 0 Å². The minimum Gasteiger partial charge on any atom is -0.493 e. The summed E-state index contributed by atoms with van der Waals surface area (Å²) in [7, 11) is 3.04. The van der Waals surface area contributed by atoms with E-state index in [2.05, 4.69) is 16.0 Å². The fraction of sp³-hybridized carbons (Fsp3) is 0.286. The van der Waals surface area contributed by atoms with Crippen LogP contribution in [-0.2, 0) is 14.4 Å². The van der Waals surface area contributed by atoms with Gasteiger partial charge >= 0.3 is 0 Å². The number of rotatable bonds is 7. The average molecular weight is 397 g/mol. The van der Waals surface area contributed by atoms with Crippen molar-refractivity contribution in [2.75, 3.05) is 30.2 Å². The van der Waals surface area contributed by atoms with E-state index < -0.39 is 5.41 Å². The Balaban J connectivity index is 1.70. The molecule has 8 nitrogen and oxygen atoms in total. The van der Waals surface area contributed by atoms with Crippen LogP contribution in [-0.4, -0.2) is 31.9 Å². The molecule has 0 aliphatic heterocycles. The van der Waals surface area contributed by atoms with Crippen molar-refractivity contribution in [3.8, 4) is 11.5 Å². The Labute approximate surface area is 168 Å². The first-order valence-corrected chi connectivity index (χ1v) is 9.10. The number of hydrogen-bond donors (Lipinski definition) is 3. The number of nitrogens with one attached hydrogen (secondary N) is 3. The lowest BCUT2D eigenvalue weighted by Gasteiger charge is -2.17. The Morgan fingerprint density at radius 1 is 0.793 bits per heavy atom. The summed E-state index contributed by atoms with van der Waals surface area (Å²) in [5, 5.41) is 8.21. The van der Waals surface area contributed by atoms with E-state index in [1.165, 1.54) is 21.1 Å². The van der Waals surface area contributed by atoms with Crippen LogP contribution in [0.4, 0.5) is 17.1 Å². The summed E-state index contributed by atoms with van der Waals surface area (Å²) < 4.78 is 10.4. The first-order valence-electron chi connectivity index (χ1n) is 9.10. The highest BCUT2D eigenvalue weighted by Crippen LogP contribution is 2.47. The van der Waals surface area contributed by atoms with Crippen molar-refractivity contribution in [1.82, 2.24) is 0 Å². The Morgan fingerprint density at radius 2 is 1.34 bits per heavy atom. The molecule has 8 heteroatoms. The third-order valence-corrected chi connectivity index (χ3v) is 4.70. The molecular formula is C21H23N3O5. The van der Waals surface area contributed by atoms with Gasteiger partial charge in [0, 0.05) is 30.1 Å². The zero-order chi connectivity index (χ0) is 21.0. The molecule has 0 heterocycles. The van der Waals surface area contributed by atoms with E-state index in [0.717, 1.165) is 0 Å². The zero-order valence-corrected chi connectivity index (χ0v) is 16.5. The van der Waals surface area contributed by atoms with Crippen molar-refractivity contribution >= 4 is 34.8 Å². The summed E-state index contributed by atoms with van der Waals surface area (Å²) in [5.74, 6) is 0.0648. The topological polar surface area (TPSA) is 106 Å². The van der Waals surface area contributed by atoms with Gasteiger partial charge in [0.1, 0.15) is 5.41 Å². The number of carbonyl (C=O) groups is 3. The van der Waals surface area contributed by atoms with Crippen LogP contribution >= 0.6 is 0 Å². The molecule has 29 heavy (non-hydrogen) atoms. The van der Waals surface area contributed by atoms with Gasteiger partial charge in [0.05, 0.1) is 14.2 Å². The molecule has 0 aromatic heterocycles. The second-order valence-electron chi connectivity index (χ2n) is 6.82. The van der Waals surface area contributed by atoms with Crippen LogP contribution in [0.15, 0.2) is 42.5 Å². The van der Waals surface area contributed by atoms with Crippen molar-refractivity contribution in [3.05, 3.63) is 42.5 Å². The predicted molar refractivity (Wildman–Crippen MR) is 109 cm³/mol. The van der Waals surface area contributed by atoms with Crippen LogP contribution in [0.5, 0.6) is 11.5 Å². The number of hydrogen-bond acceptors (Lipinski definition) is 5. The van der Waals surface area contributed by atoms with E-state index in [1.54, 1.807) is 42.5 Å². The van der Waals surface area contributed by atoms with Crippen LogP contribution in [0.2, 0.25) is 0 Å². The normalized spacial score (nSPS) is 13.8. The van der Waals surface area contributed by atoms with E-state index in [0.29, 0.717) is 41.4 Å². The lowest BCUT2D eigenvalue weighted by Crippen LogP contribution is -2.35. The van der Waals surface area contributed by atoms with Gasteiger partial charge in [-0.1, -0.05) is 6.07 Å². The van der Waals surface area contributed by atoms with E-state index in [4.69, 9.17) is 9.47 Å². The number of methoxy groups -OCH3 is 2. The maximum Gasteiger partial charge on any atom is 0.240 e. The molecule has 0 atom stereocenters.